The molecule has 20 heavy (non-hydrogen) atoms. The van der Waals surface area contributed by atoms with Crippen molar-refractivity contribution >= 4 is 0 Å². The maximum absolute atomic E-state index is 5.61. The van der Waals surface area contributed by atoms with Crippen molar-refractivity contribution in [2.45, 2.75) is 32.2 Å². The van der Waals surface area contributed by atoms with E-state index in [1.54, 1.807) is 21.3 Å². The summed E-state index contributed by atoms with van der Waals surface area (Å²) in [5, 5.41) is 3.59. The van der Waals surface area contributed by atoms with Crippen molar-refractivity contribution in [1.29, 1.82) is 0 Å². The Bertz CT molecular complexity index is 444. The molecule has 0 spiro atoms. The van der Waals surface area contributed by atoms with E-state index < -0.39 is 0 Å². The van der Waals surface area contributed by atoms with Gasteiger partial charge in [0.05, 0.1) is 21.3 Å². The van der Waals surface area contributed by atoms with E-state index in [0.29, 0.717) is 23.5 Å². The number of rotatable bonds is 7. The molecule has 0 aromatic heterocycles. The van der Waals surface area contributed by atoms with Gasteiger partial charge in [-0.2, -0.15) is 0 Å². The Kier molecular flexibility index (Phi) is 5.12. The maximum Gasteiger partial charge on any atom is 0.203 e. The second-order valence-electron chi connectivity index (χ2n) is 5.15. The van der Waals surface area contributed by atoms with Gasteiger partial charge in [0.1, 0.15) is 0 Å². The number of ether oxygens (including phenoxy) is 3. The van der Waals surface area contributed by atoms with Crippen LogP contribution in [0.3, 0.4) is 0 Å². The number of methoxy groups -OCH3 is 3. The van der Waals surface area contributed by atoms with Crippen LogP contribution in [0.2, 0.25) is 0 Å². The topological polar surface area (TPSA) is 39.7 Å². The van der Waals surface area contributed by atoms with Gasteiger partial charge in [-0.3, -0.25) is 0 Å². The summed E-state index contributed by atoms with van der Waals surface area (Å²) in [5.41, 5.74) is 1.16. The maximum atomic E-state index is 5.61. The molecule has 4 heteroatoms. The van der Waals surface area contributed by atoms with Crippen molar-refractivity contribution in [2.75, 3.05) is 27.9 Å². The highest BCUT2D eigenvalue weighted by Crippen LogP contribution is 2.46. The summed E-state index contributed by atoms with van der Waals surface area (Å²) < 4.78 is 16.4. The Morgan fingerprint density at radius 1 is 1.10 bits per heavy atom. The quantitative estimate of drug-likeness (QED) is 0.832. The highest BCUT2D eigenvalue weighted by atomic mass is 16.5. The fourth-order valence-electron chi connectivity index (χ4n) is 2.89. The lowest BCUT2D eigenvalue weighted by molar-refractivity contribution is 0.226. The molecule has 1 aliphatic rings. The van der Waals surface area contributed by atoms with Crippen LogP contribution < -0.4 is 19.5 Å². The Hall–Kier alpha value is -1.42. The van der Waals surface area contributed by atoms with Crippen molar-refractivity contribution in [2.24, 2.45) is 5.92 Å². The molecule has 0 saturated heterocycles. The lowest BCUT2D eigenvalue weighted by Gasteiger charge is -2.35. The van der Waals surface area contributed by atoms with Crippen molar-refractivity contribution in [3.8, 4) is 17.2 Å². The number of hydrogen-bond donors (Lipinski definition) is 1. The van der Waals surface area contributed by atoms with Gasteiger partial charge in [-0.25, -0.2) is 0 Å². The predicted octanol–water partition coefficient (Wildman–Crippen LogP) is 3.16. The first kappa shape index (κ1) is 15.0. The standard InChI is InChI=1S/C16H25NO3/c1-5-17-14(11-7-6-8-11)12-9-10-13(18-2)16(20-4)15(12)19-3/h9-11,14,17H,5-8H2,1-4H3. The highest BCUT2D eigenvalue weighted by molar-refractivity contribution is 5.56. The molecule has 1 fully saturated rings. The van der Waals surface area contributed by atoms with E-state index in [4.69, 9.17) is 14.2 Å². The zero-order valence-corrected chi connectivity index (χ0v) is 12.9. The zero-order valence-electron chi connectivity index (χ0n) is 12.9. The summed E-state index contributed by atoms with van der Waals surface area (Å²) in [4.78, 5) is 0. The molecule has 1 unspecified atom stereocenters. The molecular formula is C16H25NO3. The second-order valence-corrected chi connectivity index (χ2v) is 5.15. The largest absolute Gasteiger partial charge is 0.493 e. The highest BCUT2D eigenvalue weighted by Gasteiger charge is 2.31. The third-order valence-corrected chi connectivity index (χ3v) is 4.11. The molecule has 0 radical (unpaired) electrons. The van der Waals surface area contributed by atoms with Crippen LogP contribution in [0.1, 0.15) is 37.8 Å². The molecule has 1 aromatic carbocycles. The summed E-state index contributed by atoms with van der Waals surface area (Å²) in [5.74, 6) is 2.85. The van der Waals surface area contributed by atoms with Gasteiger partial charge in [0.25, 0.3) is 0 Å². The number of nitrogens with one attached hydrogen (secondary N) is 1. The van der Waals surface area contributed by atoms with Crippen LogP contribution in [0.4, 0.5) is 0 Å². The molecule has 1 saturated carbocycles. The van der Waals surface area contributed by atoms with E-state index in [0.717, 1.165) is 17.9 Å². The van der Waals surface area contributed by atoms with Crippen molar-refractivity contribution < 1.29 is 14.2 Å². The zero-order chi connectivity index (χ0) is 14.5. The summed E-state index contributed by atoms with van der Waals surface area (Å²) in [7, 11) is 4.98. The molecule has 1 aromatic rings. The normalized spacial score (nSPS) is 16.4. The second kappa shape index (κ2) is 6.84. The number of benzene rings is 1. The average molecular weight is 279 g/mol. The Labute approximate surface area is 121 Å². The average Bonchev–Trinajstić information content (AvgIpc) is 2.43. The van der Waals surface area contributed by atoms with Crippen LogP contribution in [0, 0.1) is 5.92 Å². The summed E-state index contributed by atoms with van der Waals surface area (Å²) in [6.45, 7) is 3.08. The van der Waals surface area contributed by atoms with E-state index in [1.165, 1.54) is 19.3 Å². The monoisotopic (exact) mass is 279 g/mol. The van der Waals surface area contributed by atoms with Crippen LogP contribution in [0.15, 0.2) is 12.1 Å². The van der Waals surface area contributed by atoms with Crippen molar-refractivity contribution in [3.05, 3.63) is 17.7 Å². The lowest BCUT2D eigenvalue weighted by Crippen LogP contribution is -2.32. The summed E-state index contributed by atoms with van der Waals surface area (Å²) >= 11 is 0. The first-order valence-corrected chi connectivity index (χ1v) is 7.29. The SMILES string of the molecule is CCNC(c1ccc(OC)c(OC)c1OC)C1CCC1. The first-order valence-electron chi connectivity index (χ1n) is 7.29. The van der Waals surface area contributed by atoms with Crippen LogP contribution in [-0.2, 0) is 0 Å². The van der Waals surface area contributed by atoms with Gasteiger partial charge < -0.3 is 19.5 Å². The van der Waals surface area contributed by atoms with Gasteiger partial charge in [0.15, 0.2) is 11.5 Å². The molecule has 0 bridgehead atoms. The van der Waals surface area contributed by atoms with Gasteiger partial charge in [-0.05, 0) is 37.4 Å². The van der Waals surface area contributed by atoms with E-state index in [9.17, 15) is 0 Å². The molecule has 0 amide bonds. The van der Waals surface area contributed by atoms with Crippen LogP contribution in [-0.4, -0.2) is 27.9 Å². The lowest BCUT2D eigenvalue weighted by atomic mass is 9.77. The summed E-state index contributed by atoms with van der Waals surface area (Å²) in [6, 6.07) is 4.37. The molecule has 112 valence electrons. The van der Waals surface area contributed by atoms with Crippen LogP contribution in [0.5, 0.6) is 17.2 Å². The third kappa shape index (κ3) is 2.70. The Morgan fingerprint density at radius 3 is 2.25 bits per heavy atom. The molecule has 4 nitrogen and oxygen atoms in total. The molecule has 1 atom stereocenters. The minimum atomic E-state index is 0.323. The Morgan fingerprint density at radius 2 is 1.80 bits per heavy atom. The van der Waals surface area contributed by atoms with E-state index >= 15 is 0 Å². The fraction of sp³-hybridized carbons (Fsp3) is 0.625. The summed E-state index contributed by atoms with van der Waals surface area (Å²) in [6.07, 6.45) is 3.87. The molecule has 0 heterocycles. The minimum Gasteiger partial charge on any atom is -0.493 e. The van der Waals surface area contributed by atoms with Crippen molar-refractivity contribution in [1.82, 2.24) is 5.32 Å². The molecule has 1 N–H and O–H groups in total. The fourth-order valence-corrected chi connectivity index (χ4v) is 2.89. The first-order chi connectivity index (χ1) is 9.76. The molecule has 2 rings (SSSR count). The van der Waals surface area contributed by atoms with E-state index in [1.807, 2.05) is 6.07 Å². The van der Waals surface area contributed by atoms with E-state index in [-0.39, 0.29) is 0 Å². The van der Waals surface area contributed by atoms with Gasteiger partial charge in [0, 0.05) is 11.6 Å². The van der Waals surface area contributed by atoms with Gasteiger partial charge in [0.2, 0.25) is 5.75 Å². The van der Waals surface area contributed by atoms with Gasteiger partial charge >= 0.3 is 0 Å². The molecule has 1 aliphatic carbocycles. The van der Waals surface area contributed by atoms with Crippen LogP contribution in [0.25, 0.3) is 0 Å². The molecule has 0 aliphatic heterocycles. The molecular weight excluding hydrogens is 254 g/mol. The van der Waals surface area contributed by atoms with Crippen LogP contribution >= 0.6 is 0 Å². The Balaban J connectivity index is 2.42. The predicted molar refractivity (Wildman–Crippen MR) is 79.9 cm³/mol. The minimum absolute atomic E-state index is 0.323. The smallest absolute Gasteiger partial charge is 0.203 e. The number of hydrogen-bond acceptors (Lipinski definition) is 4. The van der Waals surface area contributed by atoms with Gasteiger partial charge in [-0.1, -0.05) is 13.3 Å². The van der Waals surface area contributed by atoms with Crippen molar-refractivity contribution in [3.63, 3.8) is 0 Å². The van der Waals surface area contributed by atoms with Gasteiger partial charge in [-0.15, -0.1) is 0 Å². The van der Waals surface area contributed by atoms with E-state index in [2.05, 4.69) is 18.3 Å². The third-order valence-electron chi connectivity index (χ3n) is 4.11.